The molecule has 0 fully saturated rings. The van der Waals surface area contributed by atoms with Gasteiger partial charge in [-0.25, -0.2) is 4.79 Å². The predicted molar refractivity (Wildman–Crippen MR) is 62.1 cm³/mol. The molecule has 2 atom stereocenters. The number of methoxy groups -OCH3 is 1. The summed E-state index contributed by atoms with van der Waals surface area (Å²) in [5, 5.41) is 5.35. The molecule has 0 aliphatic rings. The number of amides is 2. The number of rotatable bonds is 5. The highest BCUT2D eigenvalue weighted by atomic mass is 16.5. The van der Waals surface area contributed by atoms with E-state index in [-0.39, 0.29) is 17.9 Å². The molecule has 94 valence electrons. The molecule has 2 N–H and O–H groups in total. The van der Waals surface area contributed by atoms with Crippen molar-refractivity contribution in [3.63, 3.8) is 0 Å². The zero-order valence-corrected chi connectivity index (χ0v) is 10.7. The molecular weight excluding hydrogens is 208 g/mol. The molecule has 0 rings (SSSR count). The van der Waals surface area contributed by atoms with Gasteiger partial charge < -0.3 is 15.4 Å². The largest absolute Gasteiger partial charge is 0.453 e. The zero-order valence-electron chi connectivity index (χ0n) is 10.7. The Morgan fingerprint density at radius 3 is 2.12 bits per heavy atom. The van der Waals surface area contributed by atoms with E-state index in [1.807, 2.05) is 27.7 Å². The molecule has 0 heterocycles. The lowest BCUT2D eigenvalue weighted by Crippen LogP contribution is -2.51. The maximum atomic E-state index is 11.8. The summed E-state index contributed by atoms with van der Waals surface area (Å²) in [7, 11) is 1.28. The van der Waals surface area contributed by atoms with E-state index in [4.69, 9.17) is 0 Å². The molecule has 16 heavy (non-hydrogen) atoms. The summed E-state index contributed by atoms with van der Waals surface area (Å²) in [6, 6.07) is -0.449. The van der Waals surface area contributed by atoms with E-state index in [1.54, 1.807) is 0 Å². The Hall–Kier alpha value is -1.26. The van der Waals surface area contributed by atoms with Crippen molar-refractivity contribution in [1.29, 1.82) is 0 Å². The zero-order chi connectivity index (χ0) is 12.7. The first-order valence-electron chi connectivity index (χ1n) is 5.57. The van der Waals surface area contributed by atoms with Crippen molar-refractivity contribution in [1.82, 2.24) is 10.6 Å². The highest BCUT2D eigenvalue weighted by Crippen LogP contribution is 2.03. The van der Waals surface area contributed by atoms with E-state index >= 15 is 0 Å². The molecule has 0 aromatic rings. The third kappa shape index (κ3) is 5.00. The summed E-state index contributed by atoms with van der Waals surface area (Å²) in [6.45, 7) is 7.66. The van der Waals surface area contributed by atoms with Crippen LogP contribution in [0.2, 0.25) is 0 Å². The van der Waals surface area contributed by atoms with Gasteiger partial charge in [-0.05, 0) is 19.3 Å². The number of carbonyl (C=O) groups is 2. The molecule has 5 heteroatoms. The molecule has 0 saturated carbocycles. The van der Waals surface area contributed by atoms with E-state index in [0.29, 0.717) is 0 Å². The number of alkyl carbamates (subject to hydrolysis) is 1. The average molecular weight is 230 g/mol. The number of hydrogen-bond acceptors (Lipinski definition) is 3. The van der Waals surface area contributed by atoms with Gasteiger partial charge in [0, 0.05) is 6.04 Å². The van der Waals surface area contributed by atoms with Crippen LogP contribution in [0.3, 0.4) is 0 Å². The topological polar surface area (TPSA) is 67.4 Å². The molecular formula is C11H22N2O3. The van der Waals surface area contributed by atoms with Crippen LogP contribution in [0, 0.1) is 5.92 Å². The molecule has 0 saturated heterocycles. The van der Waals surface area contributed by atoms with Crippen LogP contribution in [-0.2, 0) is 9.53 Å². The van der Waals surface area contributed by atoms with Crippen molar-refractivity contribution in [2.75, 3.05) is 7.11 Å². The van der Waals surface area contributed by atoms with Crippen LogP contribution in [0.4, 0.5) is 4.79 Å². The molecule has 0 spiro atoms. The monoisotopic (exact) mass is 230 g/mol. The van der Waals surface area contributed by atoms with Crippen LogP contribution >= 0.6 is 0 Å². The van der Waals surface area contributed by atoms with Crippen LogP contribution in [0.1, 0.15) is 34.1 Å². The van der Waals surface area contributed by atoms with Crippen LogP contribution in [-0.4, -0.2) is 31.2 Å². The van der Waals surface area contributed by atoms with Gasteiger partial charge in [0.1, 0.15) is 6.04 Å². The van der Waals surface area contributed by atoms with E-state index in [1.165, 1.54) is 7.11 Å². The minimum absolute atomic E-state index is 0.0168. The van der Waals surface area contributed by atoms with Crippen molar-refractivity contribution in [3.8, 4) is 0 Å². The second-order valence-electron chi connectivity index (χ2n) is 4.18. The summed E-state index contributed by atoms with van der Waals surface area (Å²) in [4.78, 5) is 22.9. The molecule has 0 bridgehead atoms. The summed E-state index contributed by atoms with van der Waals surface area (Å²) < 4.78 is 4.48. The van der Waals surface area contributed by atoms with Crippen LogP contribution in [0.25, 0.3) is 0 Å². The van der Waals surface area contributed by atoms with E-state index in [2.05, 4.69) is 15.4 Å². The predicted octanol–water partition coefficient (Wildman–Crippen LogP) is 1.28. The second kappa shape index (κ2) is 7.09. The third-order valence-electron chi connectivity index (χ3n) is 2.41. The molecule has 0 aromatic carbocycles. The van der Waals surface area contributed by atoms with Gasteiger partial charge in [0.05, 0.1) is 7.11 Å². The molecule has 0 aliphatic carbocycles. The quantitative estimate of drug-likeness (QED) is 0.747. The van der Waals surface area contributed by atoms with Gasteiger partial charge in [0.25, 0.3) is 0 Å². The molecule has 5 nitrogen and oxygen atoms in total. The first kappa shape index (κ1) is 14.7. The van der Waals surface area contributed by atoms with Crippen molar-refractivity contribution < 1.29 is 14.3 Å². The second-order valence-corrected chi connectivity index (χ2v) is 4.18. The first-order chi connectivity index (χ1) is 7.42. The lowest BCUT2D eigenvalue weighted by Gasteiger charge is -2.22. The molecule has 0 aromatic heterocycles. The number of ether oxygens (including phenoxy) is 1. The van der Waals surface area contributed by atoms with E-state index < -0.39 is 12.1 Å². The minimum atomic E-state index is -0.585. The average Bonchev–Trinajstić information content (AvgIpc) is 2.24. The Morgan fingerprint density at radius 2 is 1.75 bits per heavy atom. The minimum Gasteiger partial charge on any atom is -0.453 e. The smallest absolute Gasteiger partial charge is 0.407 e. The number of carbonyl (C=O) groups excluding carboxylic acids is 2. The fourth-order valence-electron chi connectivity index (χ4n) is 1.16. The fraction of sp³-hybridized carbons (Fsp3) is 0.818. The van der Waals surface area contributed by atoms with Crippen LogP contribution in [0.15, 0.2) is 0 Å². The maximum Gasteiger partial charge on any atom is 0.407 e. The Kier molecular flexibility index (Phi) is 6.53. The standard InChI is InChI=1S/C11H22N2O3/c1-6-8(4)12-10(14)9(7(2)3)13-11(15)16-5/h7-9H,6H2,1-5H3,(H,12,14)(H,13,15)/t8-,9-/m0/s1. The highest BCUT2D eigenvalue weighted by Gasteiger charge is 2.24. The summed E-state index contributed by atoms with van der Waals surface area (Å²) in [5.41, 5.74) is 0. The van der Waals surface area contributed by atoms with Crippen molar-refractivity contribution in [2.24, 2.45) is 5.92 Å². The SMILES string of the molecule is CC[C@H](C)NC(=O)[C@@H](NC(=O)OC)C(C)C. The molecule has 0 unspecified atom stereocenters. The van der Waals surface area contributed by atoms with E-state index in [9.17, 15) is 9.59 Å². The normalized spacial score (nSPS) is 14.1. The highest BCUT2D eigenvalue weighted by molar-refractivity contribution is 5.86. The van der Waals surface area contributed by atoms with Gasteiger partial charge in [-0.1, -0.05) is 20.8 Å². The van der Waals surface area contributed by atoms with Crippen LogP contribution < -0.4 is 10.6 Å². The van der Waals surface area contributed by atoms with Gasteiger partial charge in [-0.15, -0.1) is 0 Å². The van der Waals surface area contributed by atoms with Crippen molar-refractivity contribution >= 4 is 12.0 Å². The lowest BCUT2D eigenvalue weighted by atomic mass is 10.0. The Balaban J connectivity index is 4.41. The van der Waals surface area contributed by atoms with Gasteiger partial charge in [0.15, 0.2) is 0 Å². The Labute approximate surface area is 96.9 Å². The maximum absolute atomic E-state index is 11.8. The van der Waals surface area contributed by atoms with Crippen molar-refractivity contribution in [3.05, 3.63) is 0 Å². The number of hydrogen-bond donors (Lipinski definition) is 2. The van der Waals surface area contributed by atoms with Crippen molar-refractivity contribution in [2.45, 2.75) is 46.2 Å². The number of nitrogens with one attached hydrogen (secondary N) is 2. The summed E-state index contributed by atoms with van der Waals surface area (Å²) in [5.74, 6) is -0.155. The molecule has 2 amide bonds. The van der Waals surface area contributed by atoms with Gasteiger partial charge >= 0.3 is 6.09 Å². The Bertz CT molecular complexity index is 241. The van der Waals surface area contributed by atoms with Crippen LogP contribution in [0.5, 0.6) is 0 Å². The van der Waals surface area contributed by atoms with Gasteiger partial charge in [0.2, 0.25) is 5.91 Å². The summed E-state index contributed by atoms with van der Waals surface area (Å²) in [6.07, 6.45) is 0.271. The Morgan fingerprint density at radius 1 is 1.19 bits per heavy atom. The molecule has 0 radical (unpaired) electrons. The molecule has 0 aliphatic heterocycles. The van der Waals surface area contributed by atoms with Gasteiger partial charge in [-0.2, -0.15) is 0 Å². The lowest BCUT2D eigenvalue weighted by molar-refractivity contribution is -0.124. The van der Waals surface area contributed by atoms with E-state index in [0.717, 1.165) is 6.42 Å². The first-order valence-corrected chi connectivity index (χ1v) is 5.57. The van der Waals surface area contributed by atoms with Gasteiger partial charge in [-0.3, -0.25) is 4.79 Å². The summed E-state index contributed by atoms with van der Waals surface area (Å²) >= 11 is 0. The third-order valence-corrected chi connectivity index (χ3v) is 2.41. The fourth-order valence-corrected chi connectivity index (χ4v) is 1.16.